The molecule has 0 radical (unpaired) electrons. The van der Waals surface area contributed by atoms with Crippen molar-refractivity contribution in [3.63, 3.8) is 0 Å². The zero-order chi connectivity index (χ0) is 11.2. The van der Waals surface area contributed by atoms with Crippen LogP contribution < -0.4 is 4.90 Å². The molecule has 1 heteroatoms. The molecule has 0 unspecified atom stereocenters. The molecule has 0 aliphatic carbocycles. The van der Waals surface area contributed by atoms with Crippen LogP contribution in [0.1, 0.15) is 0 Å². The highest BCUT2D eigenvalue weighted by molar-refractivity contribution is 5.63. The van der Waals surface area contributed by atoms with Crippen molar-refractivity contribution < 1.29 is 0 Å². The van der Waals surface area contributed by atoms with Crippen molar-refractivity contribution in [2.75, 3.05) is 11.4 Å². The van der Waals surface area contributed by atoms with E-state index in [9.17, 15) is 0 Å². The molecule has 0 bridgehead atoms. The lowest BCUT2D eigenvalue weighted by molar-refractivity contribution is 1.12. The Hall–Kier alpha value is -2.20. The number of rotatable bonds is 3. The van der Waals surface area contributed by atoms with E-state index in [2.05, 4.69) is 35.1 Å². The van der Waals surface area contributed by atoms with E-state index in [0.29, 0.717) is 6.54 Å². The van der Waals surface area contributed by atoms with Gasteiger partial charge in [-0.05, 0) is 24.3 Å². The normalized spacial score (nSPS) is 9.44. The molecule has 0 aromatic heterocycles. The summed E-state index contributed by atoms with van der Waals surface area (Å²) in [6, 6.07) is 20.3. The molecule has 0 saturated heterocycles. The SMILES string of the molecule is C#CCN(c1ccccc1)c1ccccc1. The molecule has 0 aliphatic heterocycles. The first kappa shape index (κ1) is 10.3. The third-order valence-corrected chi connectivity index (χ3v) is 2.39. The Bertz CT molecular complexity index is 428. The molecule has 0 spiro atoms. The van der Waals surface area contributed by atoms with Crippen molar-refractivity contribution in [3.05, 3.63) is 60.7 Å². The molecule has 0 fully saturated rings. The van der Waals surface area contributed by atoms with Crippen LogP contribution in [-0.2, 0) is 0 Å². The van der Waals surface area contributed by atoms with Crippen LogP contribution in [0, 0.1) is 12.3 Å². The number of benzene rings is 2. The molecular formula is C15H13N. The minimum absolute atomic E-state index is 0.577. The van der Waals surface area contributed by atoms with Crippen LogP contribution in [-0.4, -0.2) is 6.54 Å². The van der Waals surface area contributed by atoms with Crippen LogP contribution in [0.3, 0.4) is 0 Å². The monoisotopic (exact) mass is 207 g/mol. The Morgan fingerprint density at radius 2 is 1.25 bits per heavy atom. The molecule has 2 rings (SSSR count). The van der Waals surface area contributed by atoms with Crippen LogP contribution >= 0.6 is 0 Å². The van der Waals surface area contributed by atoms with Crippen LogP contribution in [0.4, 0.5) is 11.4 Å². The van der Waals surface area contributed by atoms with Crippen molar-refractivity contribution in [2.24, 2.45) is 0 Å². The van der Waals surface area contributed by atoms with Gasteiger partial charge in [0.15, 0.2) is 0 Å². The summed E-state index contributed by atoms with van der Waals surface area (Å²) in [4.78, 5) is 2.11. The second kappa shape index (κ2) is 5.04. The predicted molar refractivity (Wildman–Crippen MR) is 68.7 cm³/mol. The Labute approximate surface area is 96.3 Å². The lowest BCUT2D eigenvalue weighted by Gasteiger charge is -2.22. The average molecular weight is 207 g/mol. The molecule has 0 saturated carbocycles. The Kier molecular flexibility index (Phi) is 3.25. The maximum atomic E-state index is 5.41. The first-order valence-corrected chi connectivity index (χ1v) is 5.23. The molecule has 1 nitrogen and oxygen atoms in total. The van der Waals surface area contributed by atoms with Crippen molar-refractivity contribution in [3.8, 4) is 12.3 Å². The number of terminal acetylenes is 1. The van der Waals surface area contributed by atoms with Gasteiger partial charge in [0.05, 0.1) is 6.54 Å². The van der Waals surface area contributed by atoms with Gasteiger partial charge in [0, 0.05) is 11.4 Å². The maximum absolute atomic E-state index is 5.41. The van der Waals surface area contributed by atoms with E-state index < -0.39 is 0 Å². The van der Waals surface area contributed by atoms with Crippen molar-refractivity contribution in [1.29, 1.82) is 0 Å². The van der Waals surface area contributed by atoms with Gasteiger partial charge in [-0.15, -0.1) is 6.42 Å². The maximum Gasteiger partial charge on any atom is 0.0840 e. The van der Waals surface area contributed by atoms with Crippen molar-refractivity contribution in [1.82, 2.24) is 0 Å². The zero-order valence-corrected chi connectivity index (χ0v) is 9.01. The lowest BCUT2D eigenvalue weighted by atomic mass is 10.2. The molecule has 0 N–H and O–H groups in total. The number of para-hydroxylation sites is 2. The van der Waals surface area contributed by atoms with Gasteiger partial charge in [-0.1, -0.05) is 42.3 Å². The summed E-state index contributed by atoms with van der Waals surface area (Å²) in [5, 5.41) is 0. The highest BCUT2D eigenvalue weighted by atomic mass is 15.1. The van der Waals surface area contributed by atoms with Crippen molar-refractivity contribution in [2.45, 2.75) is 0 Å². The first-order chi connectivity index (χ1) is 7.92. The topological polar surface area (TPSA) is 3.24 Å². The quantitative estimate of drug-likeness (QED) is 0.697. The number of anilines is 2. The summed E-state index contributed by atoms with van der Waals surface area (Å²) >= 11 is 0. The fourth-order valence-electron chi connectivity index (χ4n) is 1.64. The van der Waals surface area contributed by atoms with Crippen molar-refractivity contribution >= 4 is 11.4 Å². The first-order valence-electron chi connectivity index (χ1n) is 5.23. The van der Waals surface area contributed by atoms with E-state index >= 15 is 0 Å². The van der Waals surface area contributed by atoms with E-state index in [1.807, 2.05) is 36.4 Å². The molecule has 0 atom stereocenters. The van der Waals surface area contributed by atoms with Gasteiger partial charge in [0.25, 0.3) is 0 Å². The average Bonchev–Trinajstić information content (AvgIpc) is 2.38. The smallest absolute Gasteiger partial charge is 0.0840 e. The highest BCUT2D eigenvalue weighted by Crippen LogP contribution is 2.23. The van der Waals surface area contributed by atoms with Crippen LogP contribution in [0.5, 0.6) is 0 Å². The molecular weight excluding hydrogens is 194 g/mol. The third-order valence-electron chi connectivity index (χ3n) is 2.39. The van der Waals surface area contributed by atoms with E-state index in [1.54, 1.807) is 0 Å². The molecule has 2 aromatic rings. The second-order valence-corrected chi connectivity index (χ2v) is 3.46. The van der Waals surface area contributed by atoms with Gasteiger partial charge in [-0.2, -0.15) is 0 Å². The van der Waals surface area contributed by atoms with E-state index in [0.717, 1.165) is 11.4 Å². The lowest BCUT2D eigenvalue weighted by Crippen LogP contribution is -2.16. The minimum atomic E-state index is 0.577. The Morgan fingerprint density at radius 1 is 0.812 bits per heavy atom. The van der Waals surface area contributed by atoms with Crippen LogP contribution in [0.25, 0.3) is 0 Å². The second-order valence-electron chi connectivity index (χ2n) is 3.46. The summed E-state index contributed by atoms with van der Waals surface area (Å²) in [6.45, 7) is 0.577. The van der Waals surface area contributed by atoms with Gasteiger partial charge in [-0.25, -0.2) is 0 Å². The molecule has 2 aromatic carbocycles. The van der Waals surface area contributed by atoms with Gasteiger partial charge >= 0.3 is 0 Å². The number of nitrogens with zero attached hydrogens (tertiary/aromatic N) is 1. The highest BCUT2D eigenvalue weighted by Gasteiger charge is 2.05. The fourth-order valence-corrected chi connectivity index (χ4v) is 1.64. The van der Waals surface area contributed by atoms with Gasteiger partial charge in [0.1, 0.15) is 0 Å². The molecule has 16 heavy (non-hydrogen) atoms. The fraction of sp³-hybridized carbons (Fsp3) is 0.0667. The summed E-state index contributed by atoms with van der Waals surface area (Å²) in [7, 11) is 0. The number of hydrogen-bond acceptors (Lipinski definition) is 1. The molecule has 0 heterocycles. The third kappa shape index (κ3) is 2.24. The van der Waals surface area contributed by atoms with E-state index in [1.165, 1.54) is 0 Å². The Morgan fingerprint density at radius 3 is 1.62 bits per heavy atom. The Balaban J connectivity index is 2.36. The largest absolute Gasteiger partial charge is 0.330 e. The van der Waals surface area contributed by atoms with E-state index in [4.69, 9.17) is 6.42 Å². The minimum Gasteiger partial charge on any atom is -0.330 e. The molecule has 0 amide bonds. The summed E-state index contributed by atoms with van der Waals surface area (Å²) in [5.41, 5.74) is 2.23. The number of hydrogen-bond donors (Lipinski definition) is 0. The van der Waals surface area contributed by atoms with Crippen LogP contribution in [0.15, 0.2) is 60.7 Å². The van der Waals surface area contributed by atoms with Gasteiger partial charge in [-0.3, -0.25) is 0 Å². The zero-order valence-electron chi connectivity index (χ0n) is 9.01. The summed E-state index contributed by atoms with van der Waals surface area (Å²) in [6.07, 6.45) is 5.41. The summed E-state index contributed by atoms with van der Waals surface area (Å²) in [5.74, 6) is 2.69. The molecule has 0 aliphatic rings. The molecule has 78 valence electrons. The standard InChI is InChI=1S/C15H13N/c1-2-13-16(14-9-5-3-6-10-14)15-11-7-4-8-12-15/h1,3-12H,13H2. The van der Waals surface area contributed by atoms with Gasteiger partial charge in [0.2, 0.25) is 0 Å². The van der Waals surface area contributed by atoms with E-state index in [-0.39, 0.29) is 0 Å². The summed E-state index contributed by atoms with van der Waals surface area (Å²) < 4.78 is 0. The predicted octanol–water partition coefficient (Wildman–Crippen LogP) is 3.46. The van der Waals surface area contributed by atoms with Crippen LogP contribution in [0.2, 0.25) is 0 Å². The van der Waals surface area contributed by atoms with Gasteiger partial charge < -0.3 is 4.90 Å².